The highest BCUT2D eigenvalue weighted by Gasteiger charge is 2.24. The largest absolute Gasteiger partial charge is 0.497 e. The number of hydrogen-bond donors (Lipinski definition) is 0. The summed E-state index contributed by atoms with van der Waals surface area (Å²) in [6, 6.07) is 20.9. The van der Waals surface area contributed by atoms with Crippen LogP contribution < -0.4 is 19.9 Å². The van der Waals surface area contributed by atoms with Gasteiger partial charge in [0.15, 0.2) is 21.3 Å². The molecule has 3 aromatic carbocycles. The number of carbonyl (C=O) groups excluding carboxylic acids is 1. The first kappa shape index (κ1) is 28.9. The van der Waals surface area contributed by atoms with Gasteiger partial charge in [-0.25, -0.2) is 14.4 Å². The van der Waals surface area contributed by atoms with Crippen molar-refractivity contribution in [3.05, 3.63) is 100 Å². The van der Waals surface area contributed by atoms with Crippen LogP contribution in [0.25, 0.3) is 21.7 Å². The summed E-state index contributed by atoms with van der Waals surface area (Å²) in [4.78, 5) is 38.5. The minimum absolute atomic E-state index is 0.0598. The first-order valence-electron chi connectivity index (χ1n) is 13.5. The molecule has 0 fully saturated rings. The number of methoxy groups -OCH3 is 2. The van der Waals surface area contributed by atoms with Crippen molar-refractivity contribution >= 4 is 32.6 Å². The van der Waals surface area contributed by atoms with Gasteiger partial charge in [-0.05, 0) is 43.2 Å². The van der Waals surface area contributed by atoms with Crippen LogP contribution in [-0.2, 0) is 17.8 Å². The Morgan fingerprint density at radius 3 is 2.48 bits per heavy atom. The summed E-state index contributed by atoms with van der Waals surface area (Å²) in [7, 11) is 4.87. The maximum Gasteiger partial charge on any atom is 0.281 e. The predicted octanol–water partition coefficient (Wildman–Crippen LogP) is 5.75. The molecule has 0 spiro atoms. The average molecular weight is 587 g/mol. The minimum Gasteiger partial charge on any atom is -0.497 e. The Balaban J connectivity index is 1.53. The number of hydrogen-bond acceptors (Lipinski definition) is 8. The quantitative estimate of drug-likeness (QED) is 0.195. The number of halogens is 1. The van der Waals surface area contributed by atoms with Gasteiger partial charge in [0, 0.05) is 25.1 Å². The first-order valence-corrected chi connectivity index (χ1v) is 14.3. The zero-order valence-corrected chi connectivity index (χ0v) is 24.7. The summed E-state index contributed by atoms with van der Waals surface area (Å²) >= 11 is 1.20. The maximum atomic E-state index is 15.0. The maximum absolute atomic E-state index is 15.0. The van der Waals surface area contributed by atoms with Crippen LogP contribution in [-0.4, -0.2) is 47.6 Å². The van der Waals surface area contributed by atoms with E-state index in [9.17, 15) is 9.59 Å². The molecule has 2 aromatic heterocycles. The number of anilines is 1. The second-order valence-electron chi connectivity index (χ2n) is 9.87. The third kappa shape index (κ3) is 5.89. The molecule has 0 radical (unpaired) electrons. The Morgan fingerprint density at radius 1 is 1.02 bits per heavy atom. The zero-order valence-electron chi connectivity index (χ0n) is 23.8. The van der Waals surface area contributed by atoms with E-state index in [0.717, 1.165) is 5.56 Å². The highest BCUT2D eigenvalue weighted by atomic mass is 32.1. The SMILES string of the molecule is COc1ccc(Cn2c(-c3ccccc3F)nc3sc(N(C)[C@H](C)C(=O)CCc4ccccc4)nc3c2=O)c(OC)c1. The summed E-state index contributed by atoms with van der Waals surface area (Å²) in [5, 5.41) is 0.481. The van der Waals surface area contributed by atoms with Gasteiger partial charge in [-0.3, -0.25) is 14.2 Å². The molecule has 0 amide bonds. The van der Waals surface area contributed by atoms with E-state index in [4.69, 9.17) is 14.5 Å². The molecule has 8 nitrogen and oxygen atoms in total. The number of likely N-dealkylation sites (N-methyl/N-ethyl adjacent to an activating group) is 1. The third-order valence-corrected chi connectivity index (χ3v) is 8.34. The van der Waals surface area contributed by atoms with E-state index in [-0.39, 0.29) is 29.2 Å². The summed E-state index contributed by atoms with van der Waals surface area (Å²) in [5.74, 6) is 0.851. The lowest BCUT2D eigenvalue weighted by Gasteiger charge is -2.22. The fraction of sp³-hybridized carbons (Fsp3) is 0.250. The monoisotopic (exact) mass is 586 g/mol. The molecule has 0 N–H and O–H groups in total. The van der Waals surface area contributed by atoms with Crippen LogP contribution in [0.15, 0.2) is 77.6 Å². The number of aryl methyl sites for hydroxylation is 1. The molecule has 5 rings (SSSR count). The van der Waals surface area contributed by atoms with E-state index in [1.807, 2.05) is 37.3 Å². The van der Waals surface area contributed by atoms with Crippen molar-refractivity contribution in [2.24, 2.45) is 0 Å². The standard InChI is InChI=1S/C32H31FN4O4S/c1-20(26(38)17-14-21-10-6-5-7-11-21)36(2)32-34-28-30(42-32)35-29(24-12-8-9-13-25(24)33)37(31(28)39)19-22-15-16-23(40-3)18-27(22)41-4/h5-13,15-16,18,20H,14,17,19H2,1-4H3/t20-/m1/s1. The van der Waals surface area contributed by atoms with Gasteiger partial charge in [0.1, 0.15) is 23.1 Å². The van der Waals surface area contributed by atoms with Gasteiger partial charge in [-0.2, -0.15) is 0 Å². The minimum atomic E-state index is -0.501. The number of rotatable bonds is 11. The van der Waals surface area contributed by atoms with Gasteiger partial charge < -0.3 is 14.4 Å². The van der Waals surface area contributed by atoms with Gasteiger partial charge in [0.25, 0.3) is 5.56 Å². The van der Waals surface area contributed by atoms with Crippen molar-refractivity contribution in [3.8, 4) is 22.9 Å². The lowest BCUT2D eigenvalue weighted by molar-refractivity contribution is -0.119. The Hall–Kier alpha value is -4.57. The van der Waals surface area contributed by atoms with Crippen LogP contribution >= 0.6 is 11.3 Å². The van der Waals surface area contributed by atoms with Crippen LogP contribution in [0.5, 0.6) is 11.5 Å². The smallest absolute Gasteiger partial charge is 0.281 e. The number of nitrogens with zero attached hydrogens (tertiary/aromatic N) is 4. The lowest BCUT2D eigenvalue weighted by Crippen LogP contribution is -2.36. The molecular weight excluding hydrogens is 555 g/mol. The van der Waals surface area contributed by atoms with E-state index >= 15 is 4.39 Å². The second-order valence-corrected chi connectivity index (χ2v) is 10.8. The van der Waals surface area contributed by atoms with Gasteiger partial charge in [-0.1, -0.05) is 53.8 Å². The topological polar surface area (TPSA) is 86.5 Å². The van der Waals surface area contributed by atoms with Crippen molar-refractivity contribution in [1.29, 1.82) is 0 Å². The lowest BCUT2D eigenvalue weighted by atomic mass is 10.0. The Kier molecular flexibility index (Phi) is 8.63. The van der Waals surface area contributed by atoms with E-state index in [1.165, 1.54) is 29.1 Å². The number of carbonyl (C=O) groups is 1. The number of Topliss-reactive ketones (excluding diaryl/α,β-unsaturated/α-hetero) is 1. The first-order chi connectivity index (χ1) is 20.3. The Bertz CT molecular complexity index is 1790. The van der Waals surface area contributed by atoms with Crippen LogP contribution in [0.2, 0.25) is 0 Å². The molecule has 216 valence electrons. The highest BCUT2D eigenvalue weighted by molar-refractivity contribution is 7.21. The molecular formula is C32H31FN4O4S. The summed E-state index contributed by atoms with van der Waals surface area (Å²) in [6.07, 6.45) is 1.03. The van der Waals surface area contributed by atoms with Crippen molar-refractivity contribution in [2.45, 2.75) is 32.4 Å². The summed E-state index contributed by atoms with van der Waals surface area (Å²) in [5.41, 5.74) is 1.70. The molecule has 0 aliphatic heterocycles. The summed E-state index contributed by atoms with van der Waals surface area (Å²) < 4.78 is 27.3. The van der Waals surface area contributed by atoms with Crippen LogP contribution in [0, 0.1) is 5.82 Å². The van der Waals surface area contributed by atoms with Gasteiger partial charge >= 0.3 is 0 Å². The molecule has 5 aromatic rings. The predicted molar refractivity (Wildman–Crippen MR) is 163 cm³/mol. The van der Waals surface area contributed by atoms with Crippen molar-refractivity contribution < 1.29 is 18.7 Å². The Morgan fingerprint density at radius 2 is 1.76 bits per heavy atom. The molecule has 0 aliphatic rings. The van der Waals surface area contributed by atoms with Crippen LogP contribution in [0.3, 0.4) is 0 Å². The number of fused-ring (bicyclic) bond motifs is 1. The normalized spacial score (nSPS) is 11.8. The molecule has 0 aliphatic carbocycles. The fourth-order valence-electron chi connectivity index (χ4n) is 4.70. The summed E-state index contributed by atoms with van der Waals surface area (Å²) in [6.45, 7) is 1.89. The van der Waals surface area contributed by atoms with E-state index in [0.29, 0.717) is 39.9 Å². The van der Waals surface area contributed by atoms with Crippen molar-refractivity contribution in [1.82, 2.24) is 14.5 Å². The molecule has 0 saturated carbocycles. The fourth-order valence-corrected chi connectivity index (χ4v) is 5.67. The van der Waals surface area contributed by atoms with Crippen LogP contribution in [0.1, 0.15) is 24.5 Å². The van der Waals surface area contributed by atoms with E-state index in [1.54, 1.807) is 55.5 Å². The third-order valence-electron chi connectivity index (χ3n) is 7.30. The molecule has 0 bridgehead atoms. The average Bonchev–Trinajstić information content (AvgIpc) is 3.46. The number of thiazole rings is 1. The van der Waals surface area contributed by atoms with E-state index < -0.39 is 17.4 Å². The van der Waals surface area contributed by atoms with Crippen molar-refractivity contribution in [3.63, 3.8) is 0 Å². The molecule has 0 saturated heterocycles. The number of benzene rings is 3. The van der Waals surface area contributed by atoms with E-state index in [2.05, 4.69) is 4.98 Å². The number of ketones is 1. The van der Waals surface area contributed by atoms with Gasteiger partial charge in [-0.15, -0.1) is 0 Å². The number of ether oxygens (including phenoxy) is 2. The van der Waals surface area contributed by atoms with Gasteiger partial charge in [0.2, 0.25) is 0 Å². The highest BCUT2D eigenvalue weighted by Crippen LogP contribution is 2.31. The second kappa shape index (κ2) is 12.5. The zero-order chi connectivity index (χ0) is 29.8. The Labute approximate surface area is 247 Å². The number of aromatic nitrogens is 3. The molecule has 1 atom stereocenters. The molecule has 10 heteroatoms. The molecule has 0 unspecified atom stereocenters. The van der Waals surface area contributed by atoms with Crippen LogP contribution in [0.4, 0.5) is 9.52 Å². The van der Waals surface area contributed by atoms with Crippen molar-refractivity contribution in [2.75, 3.05) is 26.2 Å². The van der Waals surface area contributed by atoms with Gasteiger partial charge in [0.05, 0.1) is 32.4 Å². The molecule has 42 heavy (non-hydrogen) atoms. The molecule has 2 heterocycles.